The lowest BCUT2D eigenvalue weighted by molar-refractivity contribution is -0.384. The molecule has 1 aromatic rings. The van der Waals surface area contributed by atoms with E-state index in [9.17, 15) is 14.9 Å². The van der Waals surface area contributed by atoms with Gasteiger partial charge in [0.05, 0.1) is 11.3 Å². The van der Waals surface area contributed by atoms with Gasteiger partial charge in [0.1, 0.15) is 0 Å². The van der Waals surface area contributed by atoms with Crippen LogP contribution in [0.2, 0.25) is 0 Å². The van der Waals surface area contributed by atoms with Crippen LogP contribution in [0, 0.1) is 10.1 Å². The summed E-state index contributed by atoms with van der Waals surface area (Å²) in [7, 11) is 0. The summed E-state index contributed by atoms with van der Waals surface area (Å²) in [6.07, 6.45) is 1.72. The fraction of sp³-hybridized carbons (Fsp3) is 0.500. The molecule has 3 N–H and O–H groups in total. The van der Waals surface area contributed by atoms with Crippen LogP contribution in [0.15, 0.2) is 22.7 Å². The van der Waals surface area contributed by atoms with Crippen LogP contribution in [0.1, 0.15) is 32.3 Å². The van der Waals surface area contributed by atoms with Crippen molar-refractivity contribution < 1.29 is 9.72 Å². The molecule has 0 heterocycles. The number of halogens is 1. The number of hydrogen-bond donors (Lipinski definition) is 2. The van der Waals surface area contributed by atoms with Crippen LogP contribution < -0.4 is 11.1 Å². The Hall–Kier alpha value is -1.47. The molecule has 0 saturated heterocycles. The number of nitrogens with one attached hydrogen (secondary N) is 1. The molecule has 0 unspecified atom stereocenters. The number of carbonyl (C=O) groups excluding carboxylic acids is 1. The molecular formula is C14H20BrN3O3. The number of non-ortho nitro benzene ring substituents is 1. The zero-order valence-corrected chi connectivity index (χ0v) is 13.8. The van der Waals surface area contributed by atoms with Crippen LogP contribution in [0.25, 0.3) is 0 Å². The van der Waals surface area contributed by atoms with Gasteiger partial charge >= 0.3 is 0 Å². The Labute approximate surface area is 132 Å². The van der Waals surface area contributed by atoms with Gasteiger partial charge in [-0.1, -0.05) is 35.8 Å². The molecule has 0 bridgehead atoms. The van der Waals surface area contributed by atoms with E-state index in [-0.39, 0.29) is 23.6 Å². The van der Waals surface area contributed by atoms with Crippen LogP contribution >= 0.6 is 15.9 Å². The maximum atomic E-state index is 11.9. The minimum atomic E-state index is -0.472. The standard InChI is InChI=1S/C14H20BrN3O3/c1-3-14(16,4-2)9-17-13(19)7-10-5-6-11(18(20)21)8-12(10)15/h5-6,8H,3-4,7,9,16H2,1-2H3,(H,17,19). The largest absolute Gasteiger partial charge is 0.354 e. The highest BCUT2D eigenvalue weighted by Gasteiger charge is 2.21. The van der Waals surface area contributed by atoms with Gasteiger partial charge in [-0.05, 0) is 18.4 Å². The number of carbonyl (C=O) groups is 1. The quantitative estimate of drug-likeness (QED) is 0.578. The smallest absolute Gasteiger partial charge is 0.270 e. The minimum absolute atomic E-state index is 0.0102. The maximum Gasteiger partial charge on any atom is 0.270 e. The Bertz CT molecular complexity index is 530. The molecule has 0 spiro atoms. The van der Waals surface area contributed by atoms with Gasteiger partial charge in [-0.3, -0.25) is 14.9 Å². The van der Waals surface area contributed by atoms with Crippen molar-refractivity contribution in [3.05, 3.63) is 38.3 Å². The Morgan fingerprint density at radius 2 is 2.05 bits per heavy atom. The van der Waals surface area contributed by atoms with Crippen molar-refractivity contribution in [1.29, 1.82) is 0 Å². The molecule has 1 amide bonds. The minimum Gasteiger partial charge on any atom is -0.354 e. The third-order valence-corrected chi connectivity index (χ3v) is 4.38. The van der Waals surface area contributed by atoms with Crippen LogP contribution in [0.3, 0.4) is 0 Å². The SMILES string of the molecule is CCC(N)(CC)CNC(=O)Cc1ccc([N+](=O)[O-])cc1Br. The summed E-state index contributed by atoms with van der Waals surface area (Å²) in [4.78, 5) is 22.1. The number of nitro groups is 1. The molecule has 7 heteroatoms. The van der Waals surface area contributed by atoms with Crippen molar-refractivity contribution in [2.24, 2.45) is 5.73 Å². The summed E-state index contributed by atoms with van der Waals surface area (Å²) < 4.78 is 0.553. The molecule has 21 heavy (non-hydrogen) atoms. The molecule has 0 atom stereocenters. The summed E-state index contributed by atoms with van der Waals surface area (Å²) in [5.41, 5.74) is 6.43. The Balaban J connectivity index is 2.65. The summed E-state index contributed by atoms with van der Waals surface area (Å²) in [5, 5.41) is 13.5. The number of rotatable bonds is 7. The summed E-state index contributed by atoms with van der Waals surface area (Å²) in [6, 6.07) is 4.36. The fourth-order valence-corrected chi connectivity index (χ4v) is 2.31. The van der Waals surface area contributed by atoms with E-state index in [1.54, 1.807) is 6.07 Å². The first-order chi connectivity index (χ1) is 9.81. The monoisotopic (exact) mass is 357 g/mol. The van der Waals surface area contributed by atoms with Crippen molar-refractivity contribution in [1.82, 2.24) is 5.32 Å². The molecular weight excluding hydrogens is 338 g/mol. The Morgan fingerprint density at radius 1 is 1.43 bits per heavy atom. The van der Waals surface area contributed by atoms with Gasteiger partial charge in [0.25, 0.3) is 5.69 Å². The summed E-state index contributed by atoms with van der Waals surface area (Å²) in [5.74, 6) is -0.152. The topological polar surface area (TPSA) is 98.3 Å². The Morgan fingerprint density at radius 3 is 2.52 bits per heavy atom. The molecule has 1 aromatic carbocycles. The average Bonchev–Trinajstić information content (AvgIpc) is 2.46. The van der Waals surface area contributed by atoms with E-state index in [4.69, 9.17) is 5.73 Å². The second kappa shape index (κ2) is 7.51. The molecule has 6 nitrogen and oxygen atoms in total. The van der Waals surface area contributed by atoms with Crippen LogP contribution in [-0.2, 0) is 11.2 Å². The van der Waals surface area contributed by atoms with E-state index in [0.29, 0.717) is 16.6 Å². The average molecular weight is 358 g/mol. The predicted molar refractivity (Wildman–Crippen MR) is 85.0 cm³/mol. The van der Waals surface area contributed by atoms with Gasteiger partial charge in [0.2, 0.25) is 5.91 Å². The maximum absolute atomic E-state index is 11.9. The third-order valence-electron chi connectivity index (χ3n) is 3.64. The highest BCUT2D eigenvalue weighted by molar-refractivity contribution is 9.10. The number of hydrogen-bond acceptors (Lipinski definition) is 4. The van der Waals surface area contributed by atoms with E-state index >= 15 is 0 Å². The van der Waals surface area contributed by atoms with Crippen LogP contribution in [0.5, 0.6) is 0 Å². The highest BCUT2D eigenvalue weighted by atomic mass is 79.9. The van der Waals surface area contributed by atoms with Crippen molar-refractivity contribution in [3.8, 4) is 0 Å². The zero-order chi connectivity index (χ0) is 16.0. The number of nitrogens with two attached hydrogens (primary N) is 1. The molecule has 116 valence electrons. The second-order valence-electron chi connectivity index (χ2n) is 5.06. The molecule has 0 aliphatic rings. The first-order valence-electron chi connectivity index (χ1n) is 6.79. The van der Waals surface area contributed by atoms with E-state index in [1.165, 1.54) is 12.1 Å². The number of amides is 1. The Kier molecular flexibility index (Phi) is 6.29. The summed E-state index contributed by atoms with van der Waals surface area (Å²) in [6.45, 7) is 4.40. The number of benzene rings is 1. The number of nitrogens with zero attached hydrogens (tertiary/aromatic N) is 1. The van der Waals surface area contributed by atoms with Gasteiger partial charge < -0.3 is 11.1 Å². The van der Waals surface area contributed by atoms with Gasteiger partial charge in [-0.2, -0.15) is 0 Å². The lowest BCUT2D eigenvalue weighted by Crippen LogP contribution is -2.49. The zero-order valence-electron chi connectivity index (χ0n) is 12.2. The molecule has 0 saturated carbocycles. The normalized spacial score (nSPS) is 11.2. The predicted octanol–water partition coefficient (Wildman–Crippen LogP) is 2.53. The summed E-state index contributed by atoms with van der Waals surface area (Å²) >= 11 is 3.25. The van der Waals surface area contributed by atoms with E-state index in [1.807, 2.05) is 13.8 Å². The first kappa shape index (κ1) is 17.6. The van der Waals surface area contributed by atoms with Gasteiger partial charge in [-0.15, -0.1) is 0 Å². The molecule has 0 aliphatic heterocycles. The molecule has 0 aliphatic carbocycles. The first-order valence-corrected chi connectivity index (χ1v) is 7.59. The van der Waals surface area contributed by atoms with E-state index < -0.39 is 4.92 Å². The lowest BCUT2D eigenvalue weighted by Gasteiger charge is -2.26. The fourth-order valence-electron chi connectivity index (χ4n) is 1.80. The van der Waals surface area contributed by atoms with Crippen molar-refractivity contribution in [3.63, 3.8) is 0 Å². The van der Waals surface area contributed by atoms with Crippen LogP contribution in [-0.4, -0.2) is 22.9 Å². The van der Waals surface area contributed by atoms with Gasteiger partial charge in [0, 0.05) is 28.7 Å². The molecule has 0 fully saturated rings. The molecule has 0 radical (unpaired) electrons. The van der Waals surface area contributed by atoms with Crippen molar-refractivity contribution in [2.75, 3.05) is 6.54 Å². The molecule has 0 aromatic heterocycles. The molecule has 1 rings (SSSR count). The highest BCUT2D eigenvalue weighted by Crippen LogP contribution is 2.23. The van der Waals surface area contributed by atoms with Crippen molar-refractivity contribution >= 4 is 27.5 Å². The van der Waals surface area contributed by atoms with Crippen molar-refractivity contribution in [2.45, 2.75) is 38.6 Å². The van der Waals surface area contributed by atoms with E-state index in [0.717, 1.165) is 12.8 Å². The second-order valence-corrected chi connectivity index (χ2v) is 5.91. The van der Waals surface area contributed by atoms with E-state index in [2.05, 4.69) is 21.2 Å². The van der Waals surface area contributed by atoms with Gasteiger partial charge in [0.15, 0.2) is 0 Å². The van der Waals surface area contributed by atoms with Gasteiger partial charge in [-0.25, -0.2) is 0 Å². The number of nitro benzene ring substituents is 1. The lowest BCUT2D eigenvalue weighted by atomic mass is 9.94. The van der Waals surface area contributed by atoms with Crippen LogP contribution in [0.4, 0.5) is 5.69 Å². The third kappa shape index (κ3) is 5.09.